The van der Waals surface area contributed by atoms with E-state index in [-0.39, 0.29) is 0 Å². The summed E-state index contributed by atoms with van der Waals surface area (Å²) in [5.74, 6) is 0. The van der Waals surface area contributed by atoms with Crippen LogP contribution in [-0.2, 0) is 0 Å². The highest BCUT2D eigenvalue weighted by atomic mass is 16.3. The van der Waals surface area contributed by atoms with Gasteiger partial charge in [0.05, 0.1) is 5.60 Å². The molecule has 13 heavy (non-hydrogen) atoms. The number of amides is 2. The number of nitrogens with one attached hydrogen (secondary N) is 1. The van der Waals surface area contributed by atoms with Gasteiger partial charge in [-0.15, -0.1) is 0 Å². The molecule has 2 amide bonds. The third kappa shape index (κ3) is 3.63. The first-order valence-electron chi connectivity index (χ1n) is 4.88. The van der Waals surface area contributed by atoms with E-state index in [1.54, 1.807) is 0 Å². The van der Waals surface area contributed by atoms with Crippen LogP contribution in [0.25, 0.3) is 0 Å². The maximum absolute atomic E-state index is 10.5. The number of carbonyl (C=O) groups excluding carboxylic acids is 1. The molecule has 0 heterocycles. The summed E-state index contributed by atoms with van der Waals surface area (Å²) in [5, 5.41) is 12.5. The van der Waals surface area contributed by atoms with Crippen LogP contribution in [0.3, 0.4) is 0 Å². The molecule has 4 heteroatoms. The van der Waals surface area contributed by atoms with Crippen molar-refractivity contribution >= 4 is 6.03 Å². The molecule has 1 saturated carbocycles. The zero-order chi connectivity index (χ0) is 9.73. The van der Waals surface area contributed by atoms with Crippen LogP contribution >= 0.6 is 0 Å². The Balaban J connectivity index is 2.37. The van der Waals surface area contributed by atoms with Gasteiger partial charge in [-0.1, -0.05) is 25.7 Å². The van der Waals surface area contributed by atoms with Crippen molar-refractivity contribution in [2.24, 2.45) is 5.73 Å². The molecule has 0 bridgehead atoms. The fraction of sp³-hybridized carbons (Fsp3) is 0.889. The first-order valence-corrected chi connectivity index (χ1v) is 4.88. The number of aliphatic hydroxyl groups is 1. The molecule has 0 saturated heterocycles. The van der Waals surface area contributed by atoms with Crippen LogP contribution in [0, 0.1) is 0 Å². The zero-order valence-electron chi connectivity index (χ0n) is 7.88. The molecule has 4 nitrogen and oxygen atoms in total. The van der Waals surface area contributed by atoms with E-state index in [1.807, 2.05) is 0 Å². The van der Waals surface area contributed by atoms with E-state index >= 15 is 0 Å². The Morgan fingerprint density at radius 3 is 2.31 bits per heavy atom. The molecular weight excluding hydrogens is 168 g/mol. The van der Waals surface area contributed by atoms with Crippen molar-refractivity contribution in [2.75, 3.05) is 6.54 Å². The minimum atomic E-state index is -0.717. The lowest BCUT2D eigenvalue weighted by atomic mass is 9.95. The average Bonchev–Trinajstić information content (AvgIpc) is 2.28. The number of nitrogens with two attached hydrogens (primary N) is 1. The lowest BCUT2D eigenvalue weighted by Gasteiger charge is -2.26. The van der Waals surface area contributed by atoms with Gasteiger partial charge in [0.2, 0.25) is 0 Å². The second-order valence-corrected chi connectivity index (χ2v) is 3.86. The molecule has 76 valence electrons. The first kappa shape index (κ1) is 10.3. The molecule has 1 aliphatic carbocycles. The van der Waals surface area contributed by atoms with Gasteiger partial charge in [0.25, 0.3) is 0 Å². The second kappa shape index (κ2) is 4.46. The highest BCUT2D eigenvalue weighted by Gasteiger charge is 2.27. The second-order valence-electron chi connectivity index (χ2n) is 3.86. The van der Waals surface area contributed by atoms with Gasteiger partial charge in [0.1, 0.15) is 0 Å². The Morgan fingerprint density at radius 1 is 1.31 bits per heavy atom. The summed E-state index contributed by atoms with van der Waals surface area (Å²) in [7, 11) is 0. The van der Waals surface area contributed by atoms with Gasteiger partial charge in [0.15, 0.2) is 0 Å². The maximum atomic E-state index is 10.5. The van der Waals surface area contributed by atoms with Crippen molar-refractivity contribution < 1.29 is 9.90 Å². The van der Waals surface area contributed by atoms with Gasteiger partial charge in [-0.2, -0.15) is 0 Å². The van der Waals surface area contributed by atoms with Gasteiger partial charge in [-0.05, 0) is 12.8 Å². The van der Waals surface area contributed by atoms with E-state index in [0.717, 1.165) is 25.7 Å². The van der Waals surface area contributed by atoms with Gasteiger partial charge in [-0.25, -0.2) is 4.79 Å². The lowest BCUT2D eigenvalue weighted by Crippen LogP contribution is -2.44. The van der Waals surface area contributed by atoms with Crippen LogP contribution in [0.2, 0.25) is 0 Å². The highest BCUT2D eigenvalue weighted by Crippen LogP contribution is 2.26. The van der Waals surface area contributed by atoms with E-state index in [0.29, 0.717) is 6.54 Å². The molecule has 1 aliphatic rings. The van der Waals surface area contributed by atoms with E-state index in [1.165, 1.54) is 12.8 Å². The van der Waals surface area contributed by atoms with Crippen molar-refractivity contribution in [3.05, 3.63) is 0 Å². The normalized spacial score (nSPS) is 21.9. The monoisotopic (exact) mass is 186 g/mol. The van der Waals surface area contributed by atoms with Crippen molar-refractivity contribution in [2.45, 2.75) is 44.1 Å². The third-order valence-electron chi connectivity index (χ3n) is 2.63. The predicted octanol–water partition coefficient (Wildman–Crippen LogP) is 0.740. The van der Waals surface area contributed by atoms with Crippen LogP contribution in [-0.4, -0.2) is 23.3 Å². The third-order valence-corrected chi connectivity index (χ3v) is 2.63. The Bertz CT molecular complexity index is 174. The molecule has 0 spiro atoms. The summed E-state index contributed by atoms with van der Waals surface area (Å²) < 4.78 is 0. The summed E-state index contributed by atoms with van der Waals surface area (Å²) in [5.41, 5.74) is 4.23. The van der Waals surface area contributed by atoms with Crippen LogP contribution in [0.4, 0.5) is 4.79 Å². The summed E-state index contributed by atoms with van der Waals surface area (Å²) in [6, 6.07) is -0.558. The average molecular weight is 186 g/mol. The standard InChI is InChI=1S/C9H18N2O2/c10-8(12)11-7-9(13)5-3-1-2-4-6-9/h13H,1-7H2,(H3,10,11,12). The van der Waals surface area contributed by atoms with Crippen molar-refractivity contribution in [1.82, 2.24) is 5.32 Å². The number of carbonyl (C=O) groups is 1. The molecule has 1 rings (SSSR count). The van der Waals surface area contributed by atoms with Crippen molar-refractivity contribution in [3.63, 3.8) is 0 Å². The molecule has 0 unspecified atom stereocenters. The molecule has 1 fully saturated rings. The topological polar surface area (TPSA) is 75.4 Å². The zero-order valence-corrected chi connectivity index (χ0v) is 7.88. The number of urea groups is 1. The van der Waals surface area contributed by atoms with Gasteiger partial charge >= 0.3 is 6.03 Å². The fourth-order valence-corrected chi connectivity index (χ4v) is 1.82. The molecule has 0 aromatic heterocycles. The van der Waals surface area contributed by atoms with Crippen molar-refractivity contribution in [1.29, 1.82) is 0 Å². The Morgan fingerprint density at radius 2 is 1.85 bits per heavy atom. The smallest absolute Gasteiger partial charge is 0.312 e. The van der Waals surface area contributed by atoms with Crippen LogP contribution in [0.5, 0.6) is 0 Å². The summed E-state index contributed by atoms with van der Waals surface area (Å²) in [6.07, 6.45) is 5.98. The molecule has 0 aliphatic heterocycles. The molecule has 4 N–H and O–H groups in total. The minimum Gasteiger partial charge on any atom is -0.388 e. The van der Waals surface area contributed by atoms with Crippen molar-refractivity contribution in [3.8, 4) is 0 Å². The predicted molar refractivity (Wildman–Crippen MR) is 50.2 cm³/mol. The van der Waals surface area contributed by atoms with Crippen LogP contribution in [0.15, 0.2) is 0 Å². The van der Waals surface area contributed by atoms with E-state index in [9.17, 15) is 9.90 Å². The van der Waals surface area contributed by atoms with Gasteiger partial charge < -0.3 is 16.2 Å². The maximum Gasteiger partial charge on any atom is 0.312 e. The summed E-state index contributed by atoms with van der Waals surface area (Å²) in [6.45, 7) is 0.294. The fourth-order valence-electron chi connectivity index (χ4n) is 1.82. The Hall–Kier alpha value is -0.770. The van der Waals surface area contributed by atoms with Crippen LogP contribution < -0.4 is 11.1 Å². The highest BCUT2D eigenvalue weighted by molar-refractivity contribution is 5.71. The molecule has 0 aromatic rings. The van der Waals surface area contributed by atoms with Crippen LogP contribution in [0.1, 0.15) is 38.5 Å². The first-order chi connectivity index (χ1) is 6.12. The molecule has 0 atom stereocenters. The quantitative estimate of drug-likeness (QED) is 0.556. The summed E-state index contributed by atoms with van der Waals surface area (Å²) >= 11 is 0. The Labute approximate surface area is 78.5 Å². The van der Waals surface area contributed by atoms with E-state index < -0.39 is 11.6 Å². The molecular formula is C9H18N2O2. The number of rotatable bonds is 2. The van der Waals surface area contributed by atoms with Gasteiger partial charge in [-0.3, -0.25) is 0 Å². The minimum absolute atomic E-state index is 0.294. The molecule has 0 radical (unpaired) electrons. The van der Waals surface area contributed by atoms with Gasteiger partial charge in [0, 0.05) is 6.54 Å². The summed E-state index contributed by atoms with van der Waals surface area (Å²) in [4.78, 5) is 10.5. The van der Waals surface area contributed by atoms with E-state index in [2.05, 4.69) is 5.32 Å². The number of hydrogen-bond donors (Lipinski definition) is 3. The number of hydrogen-bond acceptors (Lipinski definition) is 2. The lowest BCUT2D eigenvalue weighted by molar-refractivity contribution is 0.0279. The van der Waals surface area contributed by atoms with E-state index in [4.69, 9.17) is 5.73 Å². The largest absolute Gasteiger partial charge is 0.388 e. The number of primary amides is 1. The molecule has 0 aromatic carbocycles. The Kier molecular flexibility index (Phi) is 3.54. The SMILES string of the molecule is NC(=O)NCC1(O)CCCCCC1.